The predicted octanol–water partition coefficient (Wildman–Crippen LogP) is 4.58. The molecule has 156 valence electrons. The molecule has 0 radical (unpaired) electrons. The van der Waals surface area contributed by atoms with Gasteiger partial charge in [-0.15, -0.1) is 11.3 Å². The highest BCUT2D eigenvalue weighted by Crippen LogP contribution is 2.38. The predicted molar refractivity (Wildman–Crippen MR) is 116 cm³/mol. The number of anilines is 1. The summed E-state index contributed by atoms with van der Waals surface area (Å²) < 4.78 is 15.8. The lowest BCUT2D eigenvalue weighted by Crippen LogP contribution is -2.02. The average molecular weight is 428 g/mol. The molecule has 0 aliphatic heterocycles. The van der Waals surface area contributed by atoms with E-state index in [1.54, 1.807) is 20.1 Å². The molecule has 0 bridgehead atoms. The Morgan fingerprint density at radius 2 is 2.00 bits per heavy atom. The Hall–Kier alpha value is -3.66. The average Bonchev–Trinajstić information content (AvgIpc) is 3.23. The van der Waals surface area contributed by atoms with Gasteiger partial charge in [0.2, 0.25) is 10.9 Å². The van der Waals surface area contributed by atoms with Gasteiger partial charge in [-0.2, -0.15) is 5.10 Å². The third-order valence-corrected chi connectivity index (χ3v) is 4.77. The molecule has 0 spiro atoms. The number of ether oxygens (including phenoxy) is 3. The van der Waals surface area contributed by atoms with Crippen LogP contribution in [-0.4, -0.2) is 36.9 Å². The van der Waals surface area contributed by atoms with Crippen LogP contribution >= 0.6 is 11.3 Å². The zero-order valence-electron chi connectivity index (χ0n) is 16.6. The van der Waals surface area contributed by atoms with Gasteiger partial charge in [-0.1, -0.05) is 0 Å². The van der Waals surface area contributed by atoms with E-state index in [0.717, 1.165) is 17.0 Å². The first-order valence-electron chi connectivity index (χ1n) is 8.94. The second-order valence-corrected chi connectivity index (χ2v) is 6.76. The second kappa shape index (κ2) is 9.70. The molecule has 0 unspecified atom stereocenters. The van der Waals surface area contributed by atoms with E-state index < -0.39 is 4.92 Å². The first-order valence-corrected chi connectivity index (χ1v) is 9.82. The van der Waals surface area contributed by atoms with Gasteiger partial charge < -0.3 is 14.2 Å². The quantitative estimate of drug-likeness (QED) is 0.302. The van der Waals surface area contributed by atoms with Crippen molar-refractivity contribution in [2.45, 2.75) is 6.92 Å². The van der Waals surface area contributed by atoms with Crippen LogP contribution in [0.5, 0.6) is 17.2 Å². The molecule has 2 aromatic carbocycles. The number of hydrazone groups is 1. The second-order valence-electron chi connectivity index (χ2n) is 5.90. The Balaban J connectivity index is 1.76. The van der Waals surface area contributed by atoms with E-state index in [2.05, 4.69) is 15.5 Å². The maximum atomic E-state index is 11.4. The van der Waals surface area contributed by atoms with E-state index in [1.807, 2.05) is 29.6 Å². The lowest BCUT2D eigenvalue weighted by Gasteiger charge is -2.10. The van der Waals surface area contributed by atoms with Gasteiger partial charge >= 0.3 is 5.69 Å². The summed E-state index contributed by atoms with van der Waals surface area (Å²) in [6, 6.07) is 10.6. The minimum atomic E-state index is -0.514. The number of methoxy groups -OCH3 is 2. The number of nitro groups is 1. The number of nitro benzene ring substituents is 1. The fourth-order valence-corrected chi connectivity index (χ4v) is 3.31. The van der Waals surface area contributed by atoms with Crippen LogP contribution in [0, 0.1) is 10.1 Å². The summed E-state index contributed by atoms with van der Waals surface area (Å²) in [6.45, 7) is 2.03. The number of nitrogens with zero attached hydrogens (tertiary/aromatic N) is 3. The Morgan fingerprint density at radius 3 is 2.63 bits per heavy atom. The summed E-state index contributed by atoms with van der Waals surface area (Å²) in [5.41, 5.74) is 4.90. The normalized spacial score (nSPS) is 10.8. The molecule has 9 nitrogen and oxygen atoms in total. The van der Waals surface area contributed by atoms with Crippen LogP contribution in [0.25, 0.3) is 11.3 Å². The Bertz CT molecular complexity index is 1050. The SMILES string of the molecule is CCOc1c(OC)cc(/C=N\Nc2nc(-c3ccc(OC)cc3)cs2)cc1[N+](=O)[O-]. The number of benzene rings is 2. The third kappa shape index (κ3) is 4.84. The maximum Gasteiger partial charge on any atom is 0.315 e. The largest absolute Gasteiger partial charge is 0.497 e. The van der Waals surface area contributed by atoms with Crippen molar-refractivity contribution < 1.29 is 19.1 Å². The molecule has 0 saturated heterocycles. The van der Waals surface area contributed by atoms with Crippen molar-refractivity contribution in [3.8, 4) is 28.5 Å². The molecule has 1 aromatic heterocycles. The van der Waals surface area contributed by atoms with Crippen LogP contribution < -0.4 is 19.6 Å². The number of hydrogen-bond acceptors (Lipinski definition) is 9. The summed E-state index contributed by atoms with van der Waals surface area (Å²) in [5.74, 6) is 1.14. The molecular weight excluding hydrogens is 408 g/mol. The molecule has 0 aliphatic rings. The smallest absolute Gasteiger partial charge is 0.315 e. The number of nitrogens with one attached hydrogen (secondary N) is 1. The molecule has 10 heteroatoms. The van der Waals surface area contributed by atoms with Gasteiger partial charge in [-0.05, 0) is 37.3 Å². The highest BCUT2D eigenvalue weighted by Gasteiger charge is 2.21. The van der Waals surface area contributed by atoms with Crippen LogP contribution in [-0.2, 0) is 0 Å². The number of thiazole rings is 1. The summed E-state index contributed by atoms with van der Waals surface area (Å²) in [6.07, 6.45) is 1.46. The van der Waals surface area contributed by atoms with Gasteiger partial charge in [0.05, 0.1) is 37.7 Å². The number of rotatable bonds is 9. The van der Waals surface area contributed by atoms with E-state index in [9.17, 15) is 10.1 Å². The van der Waals surface area contributed by atoms with Gasteiger partial charge in [-0.3, -0.25) is 15.5 Å². The lowest BCUT2D eigenvalue weighted by atomic mass is 10.2. The van der Waals surface area contributed by atoms with Crippen LogP contribution in [0.1, 0.15) is 12.5 Å². The van der Waals surface area contributed by atoms with E-state index in [-0.39, 0.29) is 23.8 Å². The van der Waals surface area contributed by atoms with Crippen LogP contribution in [0.2, 0.25) is 0 Å². The summed E-state index contributed by atoms with van der Waals surface area (Å²) >= 11 is 1.39. The van der Waals surface area contributed by atoms with Crippen molar-refractivity contribution in [2.24, 2.45) is 5.10 Å². The molecule has 1 N–H and O–H groups in total. The fraction of sp³-hybridized carbons (Fsp3) is 0.200. The molecule has 0 fully saturated rings. The van der Waals surface area contributed by atoms with Gasteiger partial charge in [0.25, 0.3) is 0 Å². The van der Waals surface area contributed by atoms with Crippen molar-refractivity contribution in [3.05, 3.63) is 57.5 Å². The van der Waals surface area contributed by atoms with Crippen molar-refractivity contribution in [1.29, 1.82) is 0 Å². The van der Waals surface area contributed by atoms with E-state index in [4.69, 9.17) is 14.2 Å². The third-order valence-electron chi connectivity index (χ3n) is 4.03. The minimum absolute atomic E-state index is 0.0965. The molecule has 0 atom stereocenters. The molecule has 30 heavy (non-hydrogen) atoms. The van der Waals surface area contributed by atoms with Gasteiger partial charge in [0.15, 0.2) is 5.75 Å². The van der Waals surface area contributed by atoms with Crippen molar-refractivity contribution in [2.75, 3.05) is 26.3 Å². The summed E-state index contributed by atoms with van der Waals surface area (Å²) in [7, 11) is 3.05. The van der Waals surface area contributed by atoms with E-state index >= 15 is 0 Å². The molecule has 1 heterocycles. The first kappa shape index (κ1) is 21.1. The number of hydrogen-bond donors (Lipinski definition) is 1. The monoisotopic (exact) mass is 428 g/mol. The zero-order chi connectivity index (χ0) is 21.5. The highest BCUT2D eigenvalue weighted by atomic mass is 32.1. The molecule has 0 saturated carbocycles. The molecule has 3 aromatic rings. The van der Waals surface area contributed by atoms with Crippen molar-refractivity contribution in [3.63, 3.8) is 0 Å². The Labute approximate surface area is 177 Å². The van der Waals surface area contributed by atoms with Crippen molar-refractivity contribution >= 4 is 28.4 Å². The van der Waals surface area contributed by atoms with Gasteiger partial charge in [-0.25, -0.2) is 4.98 Å². The van der Waals surface area contributed by atoms with Crippen LogP contribution in [0.15, 0.2) is 46.9 Å². The fourth-order valence-electron chi connectivity index (χ4n) is 2.64. The van der Waals surface area contributed by atoms with E-state index in [0.29, 0.717) is 10.7 Å². The topological polar surface area (TPSA) is 108 Å². The molecule has 0 amide bonds. The maximum absolute atomic E-state index is 11.4. The standard InChI is InChI=1S/C20H20N4O5S/c1-4-29-19-17(24(25)26)9-13(10-18(19)28-3)11-21-23-20-22-16(12-30-20)14-5-7-15(27-2)8-6-14/h5-12H,4H2,1-3H3,(H,22,23)/b21-11-. The Morgan fingerprint density at radius 1 is 1.23 bits per heavy atom. The van der Waals surface area contributed by atoms with E-state index in [1.165, 1.54) is 30.7 Å². The minimum Gasteiger partial charge on any atom is -0.497 e. The summed E-state index contributed by atoms with van der Waals surface area (Å²) in [5, 5.41) is 18.0. The lowest BCUT2D eigenvalue weighted by molar-refractivity contribution is -0.385. The van der Waals surface area contributed by atoms with Crippen LogP contribution in [0.3, 0.4) is 0 Å². The number of aromatic nitrogens is 1. The Kier molecular flexibility index (Phi) is 6.81. The molecule has 0 aliphatic carbocycles. The van der Waals surface area contributed by atoms with Gasteiger partial charge in [0.1, 0.15) is 5.75 Å². The first-order chi connectivity index (χ1) is 14.5. The van der Waals surface area contributed by atoms with Gasteiger partial charge in [0, 0.05) is 22.6 Å². The molecule has 3 rings (SSSR count). The highest BCUT2D eigenvalue weighted by molar-refractivity contribution is 7.14. The summed E-state index contributed by atoms with van der Waals surface area (Å²) in [4.78, 5) is 15.4. The zero-order valence-corrected chi connectivity index (χ0v) is 17.4. The molecular formula is C20H20N4O5S. The van der Waals surface area contributed by atoms with Crippen LogP contribution in [0.4, 0.5) is 10.8 Å². The van der Waals surface area contributed by atoms with Crippen molar-refractivity contribution in [1.82, 2.24) is 4.98 Å².